The van der Waals surface area contributed by atoms with Crippen LogP contribution in [-0.2, 0) is 4.74 Å². The topological polar surface area (TPSA) is 47.0 Å². The second-order valence-corrected chi connectivity index (χ2v) is 5.79. The van der Waals surface area contributed by atoms with E-state index in [2.05, 4.69) is 45.1 Å². The largest absolute Gasteiger partial charge is 0.378 e. The predicted octanol–water partition coefficient (Wildman–Crippen LogP) is 3.34. The summed E-state index contributed by atoms with van der Waals surface area (Å²) in [5, 5.41) is 3.44. The summed E-state index contributed by atoms with van der Waals surface area (Å²) in [7, 11) is 0. The summed E-state index contributed by atoms with van der Waals surface area (Å²) < 4.78 is 6.39. The summed E-state index contributed by atoms with van der Waals surface area (Å²) in [6.45, 7) is 7.03. The first-order valence-electron chi connectivity index (χ1n) is 6.51. The Morgan fingerprint density at radius 1 is 1.44 bits per heavy atom. The van der Waals surface area contributed by atoms with Gasteiger partial charge in [0.25, 0.3) is 0 Å². The molecule has 0 spiro atoms. The molecule has 1 aliphatic rings. The van der Waals surface area contributed by atoms with Crippen LogP contribution < -0.4 is 5.32 Å². The average molecular weight is 314 g/mol. The fourth-order valence-corrected chi connectivity index (χ4v) is 2.43. The van der Waals surface area contributed by atoms with Gasteiger partial charge in [0.1, 0.15) is 16.2 Å². The van der Waals surface area contributed by atoms with E-state index in [9.17, 15) is 0 Å². The minimum Gasteiger partial charge on any atom is -0.378 e. The third kappa shape index (κ3) is 3.42. The van der Waals surface area contributed by atoms with Crippen LogP contribution >= 0.6 is 15.9 Å². The van der Waals surface area contributed by atoms with Crippen LogP contribution in [0.1, 0.15) is 45.4 Å². The van der Waals surface area contributed by atoms with Gasteiger partial charge in [-0.05, 0) is 35.7 Å². The Morgan fingerprint density at radius 3 is 2.78 bits per heavy atom. The first-order chi connectivity index (χ1) is 8.58. The number of ether oxygens (including phenoxy) is 1. The standard InChI is InChI=1S/C13H20BrN3O/c1-4-18-10-5-9(6-10)15-12-7-11(14)16-13(17-12)8(2)3/h7-10H,4-6H2,1-3H3,(H,15,16,17). The van der Waals surface area contributed by atoms with E-state index in [-0.39, 0.29) is 0 Å². The van der Waals surface area contributed by atoms with Crippen molar-refractivity contribution in [3.8, 4) is 0 Å². The molecule has 0 radical (unpaired) electrons. The third-order valence-corrected chi connectivity index (χ3v) is 3.48. The minimum atomic E-state index is 0.334. The molecule has 18 heavy (non-hydrogen) atoms. The molecule has 0 bridgehead atoms. The molecule has 4 nitrogen and oxygen atoms in total. The highest BCUT2D eigenvalue weighted by molar-refractivity contribution is 9.10. The molecule has 1 fully saturated rings. The maximum Gasteiger partial charge on any atom is 0.134 e. The summed E-state index contributed by atoms with van der Waals surface area (Å²) in [5.74, 6) is 2.11. The van der Waals surface area contributed by atoms with Crippen molar-refractivity contribution in [2.24, 2.45) is 0 Å². The lowest BCUT2D eigenvalue weighted by Gasteiger charge is -2.35. The van der Waals surface area contributed by atoms with Gasteiger partial charge in [-0.2, -0.15) is 0 Å². The fraction of sp³-hybridized carbons (Fsp3) is 0.692. The van der Waals surface area contributed by atoms with Crippen LogP contribution in [0.5, 0.6) is 0 Å². The lowest BCUT2D eigenvalue weighted by Crippen LogP contribution is -2.41. The smallest absolute Gasteiger partial charge is 0.134 e. The van der Waals surface area contributed by atoms with Gasteiger partial charge >= 0.3 is 0 Å². The van der Waals surface area contributed by atoms with Gasteiger partial charge in [-0.1, -0.05) is 13.8 Å². The van der Waals surface area contributed by atoms with Crippen molar-refractivity contribution in [2.45, 2.75) is 51.7 Å². The summed E-state index contributed by atoms with van der Waals surface area (Å²) >= 11 is 3.43. The van der Waals surface area contributed by atoms with Crippen molar-refractivity contribution in [1.29, 1.82) is 0 Å². The van der Waals surface area contributed by atoms with E-state index >= 15 is 0 Å². The van der Waals surface area contributed by atoms with Crippen LogP contribution in [0.4, 0.5) is 5.82 Å². The van der Waals surface area contributed by atoms with E-state index in [0.717, 1.165) is 35.7 Å². The van der Waals surface area contributed by atoms with Gasteiger partial charge < -0.3 is 10.1 Å². The molecule has 0 saturated heterocycles. The number of aromatic nitrogens is 2. The van der Waals surface area contributed by atoms with Gasteiger partial charge in [0.05, 0.1) is 6.10 Å². The lowest BCUT2D eigenvalue weighted by molar-refractivity contribution is 0.00292. The molecule has 5 heteroatoms. The van der Waals surface area contributed by atoms with E-state index in [1.807, 2.05) is 13.0 Å². The number of rotatable bonds is 5. The quantitative estimate of drug-likeness (QED) is 0.847. The number of hydrogen-bond acceptors (Lipinski definition) is 4. The van der Waals surface area contributed by atoms with Crippen molar-refractivity contribution in [2.75, 3.05) is 11.9 Å². The lowest BCUT2D eigenvalue weighted by atomic mass is 9.89. The molecule has 0 unspecified atom stereocenters. The van der Waals surface area contributed by atoms with Crippen LogP contribution in [-0.4, -0.2) is 28.7 Å². The predicted molar refractivity (Wildman–Crippen MR) is 75.9 cm³/mol. The number of nitrogens with one attached hydrogen (secondary N) is 1. The third-order valence-electron chi connectivity index (χ3n) is 3.08. The minimum absolute atomic E-state index is 0.334. The molecule has 1 aliphatic carbocycles. The normalized spacial score (nSPS) is 22.9. The Hall–Kier alpha value is -0.680. The Bertz CT molecular complexity index is 405. The van der Waals surface area contributed by atoms with Crippen molar-refractivity contribution in [1.82, 2.24) is 9.97 Å². The molecule has 1 saturated carbocycles. The monoisotopic (exact) mass is 313 g/mol. The zero-order chi connectivity index (χ0) is 13.1. The molecular formula is C13H20BrN3O. The zero-order valence-electron chi connectivity index (χ0n) is 11.1. The van der Waals surface area contributed by atoms with E-state index in [1.165, 1.54) is 0 Å². The van der Waals surface area contributed by atoms with Crippen molar-refractivity contribution < 1.29 is 4.74 Å². The van der Waals surface area contributed by atoms with Crippen LogP contribution in [0.25, 0.3) is 0 Å². The van der Waals surface area contributed by atoms with Crippen molar-refractivity contribution in [3.05, 3.63) is 16.5 Å². The molecular weight excluding hydrogens is 294 g/mol. The molecule has 100 valence electrons. The second kappa shape index (κ2) is 5.97. The maximum absolute atomic E-state index is 5.55. The Morgan fingerprint density at radius 2 is 2.17 bits per heavy atom. The first kappa shape index (κ1) is 13.7. The molecule has 0 aromatic carbocycles. The van der Waals surface area contributed by atoms with Crippen LogP contribution in [0.3, 0.4) is 0 Å². The summed E-state index contributed by atoms with van der Waals surface area (Å²) in [4.78, 5) is 8.90. The summed E-state index contributed by atoms with van der Waals surface area (Å²) in [6, 6.07) is 2.41. The number of anilines is 1. The molecule has 0 amide bonds. The summed E-state index contributed by atoms with van der Waals surface area (Å²) in [6.07, 6.45) is 2.54. The molecule has 1 aromatic heterocycles. The first-order valence-corrected chi connectivity index (χ1v) is 7.30. The number of nitrogens with zero attached hydrogens (tertiary/aromatic N) is 2. The SMILES string of the molecule is CCOC1CC(Nc2cc(Br)nc(C(C)C)n2)C1. The molecule has 1 aromatic rings. The summed E-state index contributed by atoms with van der Waals surface area (Å²) in [5.41, 5.74) is 0. The zero-order valence-corrected chi connectivity index (χ0v) is 12.7. The van der Waals surface area contributed by atoms with Crippen LogP contribution in [0.2, 0.25) is 0 Å². The number of halogens is 1. The molecule has 1 heterocycles. The number of hydrogen-bond donors (Lipinski definition) is 1. The van der Waals surface area contributed by atoms with Gasteiger partial charge in [0.2, 0.25) is 0 Å². The van der Waals surface area contributed by atoms with Gasteiger partial charge in [0.15, 0.2) is 0 Å². The highest BCUT2D eigenvalue weighted by Gasteiger charge is 2.29. The van der Waals surface area contributed by atoms with Crippen molar-refractivity contribution in [3.63, 3.8) is 0 Å². The van der Waals surface area contributed by atoms with Gasteiger partial charge in [-0.15, -0.1) is 0 Å². The highest BCUT2D eigenvalue weighted by Crippen LogP contribution is 2.27. The van der Waals surface area contributed by atoms with Gasteiger partial charge in [-0.3, -0.25) is 0 Å². The van der Waals surface area contributed by atoms with Crippen LogP contribution in [0, 0.1) is 0 Å². The highest BCUT2D eigenvalue weighted by atomic mass is 79.9. The maximum atomic E-state index is 5.55. The van der Waals surface area contributed by atoms with E-state index in [4.69, 9.17) is 4.74 Å². The molecule has 2 rings (SSSR count). The fourth-order valence-electron chi connectivity index (χ4n) is 2.03. The van der Waals surface area contributed by atoms with E-state index in [1.54, 1.807) is 0 Å². The Balaban J connectivity index is 1.94. The Kier molecular flexibility index (Phi) is 4.56. The van der Waals surface area contributed by atoms with E-state index in [0.29, 0.717) is 18.1 Å². The van der Waals surface area contributed by atoms with Gasteiger partial charge in [0, 0.05) is 24.6 Å². The molecule has 0 aliphatic heterocycles. The van der Waals surface area contributed by atoms with Gasteiger partial charge in [-0.25, -0.2) is 9.97 Å². The molecule has 1 N–H and O–H groups in total. The van der Waals surface area contributed by atoms with Crippen molar-refractivity contribution >= 4 is 21.7 Å². The molecule has 0 atom stereocenters. The second-order valence-electron chi connectivity index (χ2n) is 4.98. The van der Waals surface area contributed by atoms with Crippen LogP contribution in [0.15, 0.2) is 10.7 Å². The Labute approximate surface area is 117 Å². The van der Waals surface area contributed by atoms with E-state index < -0.39 is 0 Å². The average Bonchev–Trinajstić information content (AvgIpc) is 2.25.